The Balaban J connectivity index is 1.90. The van der Waals surface area contributed by atoms with Crippen LogP contribution in [0, 0.1) is 24.2 Å². The molecule has 0 N–H and O–H groups in total. The zero-order valence-electron chi connectivity index (χ0n) is 7.54. The molecule has 0 bridgehead atoms. The molecule has 1 aliphatic heterocycles. The quantitative estimate of drug-likeness (QED) is 0.548. The van der Waals surface area contributed by atoms with E-state index in [2.05, 4.69) is 5.92 Å². The van der Waals surface area contributed by atoms with Crippen molar-refractivity contribution < 1.29 is 9.47 Å². The second-order valence-electron chi connectivity index (χ2n) is 4.04. The Hall–Kier alpha value is -0.520. The fourth-order valence-electron chi connectivity index (χ4n) is 1.74. The number of hydrogen-bond donors (Lipinski definition) is 0. The van der Waals surface area contributed by atoms with Crippen LogP contribution in [-0.2, 0) is 9.47 Å². The lowest BCUT2D eigenvalue weighted by Crippen LogP contribution is -2.22. The summed E-state index contributed by atoms with van der Waals surface area (Å²) < 4.78 is 11.1. The molecule has 2 aliphatic rings. The van der Waals surface area contributed by atoms with E-state index < -0.39 is 5.79 Å². The summed E-state index contributed by atoms with van der Waals surface area (Å²) in [4.78, 5) is 0. The van der Waals surface area contributed by atoms with Gasteiger partial charge in [-0.1, -0.05) is 0 Å². The topological polar surface area (TPSA) is 18.5 Å². The van der Waals surface area contributed by atoms with Crippen molar-refractivity contribution in [2.45, 2.75) is 32.2 Å². The third kappa shape index (κ3) is 1.35. The first-order chi connectivity index (χ1) is 5.62. The van der Waals surface area contributed by atoms with Crippen LogP contribution in [0.1, 0.15) is 20.3 Å². The summed E-state index contributed by atoms with van der Waals surface area (Å²) in [6, 6.07) is 0. The van der Waals surface area contributed by atoms with Crippen LogP contribution in [0.4, 0.5) is 0 Å². The minimum absolute atomic E-state index is 0.237. The molecule has 0 amide bonds. The van der Waals surface area contributed by atoms with Crippen LogP contribution in [0.3, 0.4) is 0 Å². The minimum atomic E-state index is -0.396. The average molecular weight is 166 g/mol. The van der Waals surface area contributed by atoms with E-state index in [1.54, 1.807) is 0 Å². The molecule has 2 rings (SSSR count). The molecule has 1 heterocycles. The highest BCUT2D eigenvalue weighted by Crippen LogP contribution is 2.45. The molecule has 1 aliphatic carbocycles. The monoisotopic (exact) mass is 166 g/mol. The van der Waals surface area contributed by atoms with Crippen molar-refractivity contribution in [3.05, 3.63) is 0 Å². The van der Waals surface area contributed by atoms with Crippen molar-refractivity contribution in [3.8, 4) is 12.3 Å². The summed E-state index contributed by atoms with van der Waals surface area (Å²) in [6.45, 7) is 4.59. The van der Waals surface area contributed by atoms with E-state index in [4.69, 9.17) is 15.9 Å². The van der Waals surface area contributed by atoms with Crippen LogP contribution in [0.2, 0.25) is 0 Å². The first kappa shape index (κ1) is 8.10. The van der Waals surface area contributed by atoms with Gasteiger partial charge in [-0.25, -0.2) is 0 Å². The highest BCUT2D eigenvalue weighted by atomic mass is 16.7. The maximum atomic E-state index is 5.69. The summed E-state index contributed by atoms with van der Waals surface area (Å²) >= 11 is 0. The lowest BCUT2D eigenvalue weighted by Gasteiger charge is -2.16. The van der Waals surface area contributed by atoms with Crippen LogP contribution in [0.25, 0.3) is 0 Å². The van der Waals surface area contributed by atoms with Crippen LogP contribution < -0.4 is 0 Å². The van der Waals surface area contributed by atoms with Gasteiger partial charge in [0.05, 0.1) is 12.7 Å². The molecular formula is C10H14O2. The van der Waals surface area contributed by atoms with Gasteiger partial charge in [-0.3, -0.25) is 0 Å². The van der Waals surface area contributed by atoms with E-state index in [0.29, 0.717) is 18.4 Å². The molecule has 2 nitrogen and oxygen atoms in total. The van der Waals surface area contributed by atoms with Gasteiger partial charge in [0.25, 0.3) is 0 Å². The van der Waals surface area contributed by atoms with E-state index in [9.17, 15) is 0 Å². The van der Waals surface area contributed by atoms with E-state index >= 15 is 0 Å². The smallest absolute Gasteiger partial charge is 0.163 e. The van der Waals surface area contributed by atoms with E-state index in [0.717, 1.165) is 6.42 Å². The Morgan fingerprint density at radius 2 is 2.25 bits per heavy atom. The van der Waals surface area contributed by atoms with Crippen LogP contribution >= 0.6 is 0 Å². The molecule has 1 unspecified atom stereocenters. The van der Waals surface area contributed by atoms with Gasteiger partial charge in [-0.15, -0.1) is 12.3 Å². The molecule has 12 heavy (non-hydrogen) atoms. The predicted molar refractivity (Wildman–Crippen MR) is 45.3 cm³/mol. The third-order valence-corrected chi connectivity index (χ3v) is 2.56. The second kappa shape index (κ2) is 2.48. The van der Waals surface area contributed by atoms with Crippen molar-refractivity contribution in [1.29, 1.82) is 0 Å². The lowest BCUT2D eigenvalue weighted by atomic mass is 10.2. The fourth-order valence-corrected chi connectivity index (χ4v) is 1.74. The third-order valence-electron chi connectivity index (χ3n) is 2.56. The fraction of sp³-hybridized carbons (Fsp3) is 0.800. The van der Waals surface area contributed by atoms with Gasteiger partial charge in [-0.05, 0) is 20.3 Å². The molecule has 0 radical (unpaired) electrons. The van der Waals surface area contributed by atoms with E-state index in [-0.39, 0.29) is 6.10 Å². The predicted octanol–water partition coefficient (Wildman–Crippen LogP) is 1.41. The SMILES string of the molecule is C#C[C@H]1C[C@@H]1C1COC(C)(C)O1. The molecule has 1 saturated carbocycles. The number of terminal acetylenes is 1. The lowest BCUT2D eigenvalue weighted by molar-refractivity contribution is -0.140. The van der Waals surface area contributed by atoms with Crippen LogP contribution in [0.15, 0.2) is 0 Å². The zero-order chi connectivity index (χ0) is 8.77. The first-order valence-electron chi connectivity index (χ1n) is 4.40. The Labute approximate surface area is 73.2 Å². The standard InChI is InChI=1S/C10H14O2/c1-4-7-5-8(7)9-6-11-10(2,3)12-9/h1,7-9H,5-6H2,2-3H3/t7-,8-,9?/m0/s1. The summed E-state index contributed by atoms with van der Waals surface area (Å²) in [6.07, 6.45) is 6.66. The van der Waals surface area contributed by atoms with Gasteiger partial charge in [0, 0.05) is 11.8 Å². The molecule has 0 aromatic carbocycles. The minimum Gasteiger partial charge on any atom is -0.348 e. The first-order valence-corrected chi connectivity index (χ1v) is 4.40. The normalized spacial score (nSPS) is 43.9. The van der Waals surface area contributed by atoms with Crippen LogP contribution in [0.5, 0.6) is 0 Å². The van der Waals surface area contributed by atoms with Crippen molar-refractivity contribution in [3.63, 3.8) is 0 Å². The number of ether oxygens (including phenoxy) is 2. The molecule has 66 valence electrons. The van der Waals surface area contributed by atoms with E-state index in [1.165, 1.54) is 0 Å². The summed E-state index contributed by atoms with van der Waals surface area (Å²) in [5.74, 6) is 3.35. The highest BCUT2D eigenvalue weighted by molar-refractivity contribution is 5.10. The maximum Gasteiger partial charge on any atom is 0.163 e. The Morgan fingerprint density at radius 3 is 2.67 bits per heavy atom. The Morgan fingerprint density at radius 1 is 1.50 bits per heavy atom. The largest absolute Gasteiger partial charge is 0.348 e. The van der Waals surface area contributed by atoms with Crippen LogP contribution in [-0.4, -0.2) is 18.5 Å². The average Bonchev–Trinajstić information content (AvgIpc) is 2.70. The Kier molecular flexibility index (Phi) is 1.67. The van der Waals surface area contributed by atoms with Gasteiger partial charge in [0.1, 0.15) is 0 Å². The zero-order valence-corrected chi connectivity index (χ0v) is 7.54. The number of rotatable bonds is 1. The molecule has 0 spiro atoms. The Bertz CT molecular complexity index is 226. The van der Waals surface area contributed by atoms with E-state index in [1.807, 2.05) is 13.8 Å². The molecule has 0 aromatic heterocycles. The van der Waals surface area contributed by atoms with Gasteiger partial charge in [-0.2, -0.15) is 0 Å². The van der Waals surface area contributed by atoms with Crippen molar-refractivity contribution in [2.24, 2.45) is 11.8 Å². The summed E-state index contributed by atoms with van der Waals surface area (Å²) in [5, 5.41) is 0. The molecule has 2 fully saturated rings. The molecule has 1 saturated heterocycles. The van der Waals surface area contributed by atoms with Gasteiger partial charge in [0.15, 0.2) is 5.79 Å². The van der Waals surface area contributed by atoms with Crippen molar-refractivity contribution in [2.75, 3.05) is 6.61 Å². The van der Waals surface area contributed by atoms with Gasteiger partial charge in [0.2, 0.25) is 0 Å². The van der Waals surface area contributed by atoms with Gasteiger partial charge < -0.3 is 9.47 Å². The second-order valence-corrected chi connectivity index (χ2v) is 4.04. The van der Waals surface area contributed by atoms with Crippen molar-refractivity contribution >= 4 is 0 Å². The number of hydrogen-bond acceptors (Lipinski definition) is 2. The maximum absolute atomic E-state index is 5.69. The summed E-state index contributed by atoms with van der Waals surface area (Å²) in [7, 11) is 0. The molecule has 0 aromatic rings. The molecule has 2 heteroatoms. The molecule has 3 atom stereocenters. The highest BCUT2D eigenvalue weighted by Gasteiger charge is 2.48. The van der Waals surface area contributed by atoms with Crippen molar-refractivity contribution in [1.82, 2.24) is 0 Å². The summed E-state index contributed by atoms with van der Waals surface area (Å²) in [5.41, 5.74) is 0. The molecular weight excluding hydrogens is 152 g/mol. The van der Waals surface area contributed by atoms with Gasteiger partial charge >= 0.3 is 0 Å².